The maximum atomic E-state index is 15.1. The largest absolute Gasteiger partial charge is 0.355 e. The van der Waals surface area contributed by atoms with E-state index in [9.17, 15) is 18.0 Å². The fourth-order valence-electron chi connectivity index (χ4n) is 4.52. The molecule has 10 heteroatoms. The molecule has 4 aromatic rings. The van der Waals surface area contributed by atoms with Crippen LogP contribution in [0, 0.1) is 5.82 Å². The molecule has 42 heavy (non-hydrogen) atoms. The van der Waals surface area contributed by atoms with E-state index in [0.29, 0.717) is 6.54 Å². The maximum absolute atomic E-state index is 15.1. The van der Waals surface area contributed by atoms with E-state index in [2.05, 4.69) is 21.2 Å². The lowest BCUT2D eigenvalue weighted by Crippen LogP contribution is -2.53. The lowest BCUT2D eigenvalue weighted by Gasteiger charge is -2.34. The van der Waals surface area contributed by atoms with Gasteiger partial charge in [0.15, 0.2) is 0 Å². The van der Waals surface area contributed by atoms with Crippen LogP contribution in [0.4, 0.5) is 10.1 Å². The number of hydrogen-bond donors (Lipinski definition) is 1. The number of rotatable bonds is 12. The van der Waals surface area contributed by atoms with E-state index in [4.69, 9.17) is 0 Å². The fraction of sp³-hybridized carbons (Fsp3) is 0.188. The molecule has 0 unspecified atom stereocenters. The summed E-state index contributed by atoms with van der Waals surface area (Å²) in [5.41, 5.74) is 1.29. The van der Waals surface area contributed by atoms with Crippen molar-refractivity contribution in [2.24, 2.45) is 0 Å². The minimum Gasteiger partial charge on any atom is -0.355 e. The second kappa shape index (κ2) is 14.2. The number of amides is 2. The van der Waals surface area contributed by atoms with Gasteiger partial charge < -0.3 is 10.2 Å². The molecule has 0 saturated carbocycles. The molecule has 0 radical (unpaired) electrons. The summed E-state index contributed by atoms with van der Waals surface area (Å²) in [6, 6.07) is 28.5. The molecule has 0 bridgehead atoms. The Kier molecular flexibility index (Phi) is 10.5. The van der Waals surface area contributed by atoms with Gasteiger partial charge in [0.1, 0.15) is 18.4 Å². The Balaban J connectivity index is 1.79. The highest BCUT2D eigenvalue weighted by Gasteiger charge is 2.35. The van der Waals surface area contributed by atoms with Gasteiger partial charge in [0.2, 0.25) is 11.8 Å². The third-order valence-corrected chi connectivity index (χ3v) is 8.92. The first-order valence-electron chi connectivity index (χ1n) is 13.4. The minimum atomic E-state index is -4.36. The van der Waals surface area contributed by atoms with Gasteiger partial charge in [-0.2, -0.15) is 0 Å². The molecule has 2 amide bonds. The number of benzene rings is 4. The van der Waals surface area contributed by atoms with E-state index < -0.39 is 34.3 Å². The molecule has 0 aromatic heterocycles. The number of carbonyl (C=O) groups is 2. The molecule has 4 rings (SSSR count). The Bertz CT molecular complexity index is 1600. The van der Waals surface area contributed by atoms with Gasteiger partial charge in [-0.1, -0.05) is 88.7 Å². The van der Waals surface area contributed by atoms with E-state index in [-0.39, 0.29) is 29.5 Å². The van der Waals surface area contributed by atoms with Crippen LogP contribution in [0.1, 0.15) is 18.1 Å². The van der Waals surface area contributed by atoms with Crippen molar-refractivity contribution in [1.29, 1.82) is 0 Å². The van der Waals surface area contributed by atoms with Crippen LogP contribution in [0.25, 0.3) is 0 Å². The highest BCUT2D eigenvalue weighted by Crippen LogP contribution is 2.27. The van der Waals surface area contributed by atoms with Gasteiger partial charge in [0.25, 0.3) is 10.0 Å². The van der Waals surface area contributed by atoms with Crippen molar-refractivity contribution < 1.29 is 22.4 Å². The van der Waals surface area contributed by atoms with Crippen LogP contribution in [0.3, 0.4) is 0 Å². The average Bonchev–Trinajstić information content (AvgIpc) is 3.00. The first kappa shape index (κ1) is 30.9. The van der Waals surface area contributed by atoms with Gasteiger partial charge in [-0.25, -0.2) is 12.8 Å². The van der Waals surface area contributed by atoms with E-state index in [1.165, 1.54) is 35.2 Å². The molecule has 0 heterocycles. The number of likely N-dealkylation sites (N-methyl/N-ethyl adjacent to an activating group) is 1. The number of para-hydroxylation sites is 1. The zero-order valence-corrected chi connectivity index (χ0v) is 25.4. The summed E-state index contributed by atoms with van der Waals surface area (Å²) in [5, 5.41) is 2.81. The predicted octanol–water partition coefficient (Wildman–Crippen LogP) is 5.56. The Hall–Kier alpha value is -4.02. The number of hydrogen-bond acceptors (Lipinski definition) is 4. The number of carbonyl (C=O) groups excluding carboxylic acids is 2. The summed E-state index contributed by atoms with van der Waals surface area (Å²) in [7, 11) is -4.36. The monoisotopic (exact) mass is 651 g/mol. The molecule has 0 spiro atoms. The van der Waals surface area contributed by atoms with Gasteiger partial charge in [0.05, 0.1) is 10.6 Å². The summed E-state index contributed by atoms with van der Waals surface area (Å²) in [6.45, 7) is 1.43. The van der Waals surface area contributed by atoms with Crippen molar-refractivity contribution in [3.63, 3.8) is 0 Å². The van der Waals surface area contributed by atoms with Crippen molar-refractivity contribution in [3.05, 3.63) is 131 Å². The number of nitrogens with one attached hydrogen (secondary N) is 1. The molecular formula is C32H31BrFN3O4S. The highest BCUT2D eigenvalue weighted by molar-refractivity contribution is 9.10. The van der Waals surface area contributed by atoms with E-state index in [1.54, 1.807) is 25.1 Å². The number of sulfonamides is 1. The average molecular weight is 653 g/mol. The van der Waals surface area contributed by atoms with Crippen LogP contribution in [-0.4, -0.2) is 44.3 Å². The molecule has 1 atom stereocenters. The number of halogens is 2. The number of nitrogens with zero attached hydrogens (tertiary/aromatic N) is 2. The zero-order valence-electron chi connectivity index (χ0n) is 23.0. The Morgan fingerprint density at radius 1 is 0.833 bits per heavy atom. The Morgan fingerprint density at radius 2 is 1.43 bits per heavy atom. The molecule has 0 aliphatic rings. The summed E-state index contributed by atoms with van der Waals surface area (Å²) in [4.78, 5) is 29.0. The smallest absolute Gasteiger partial charge is 0.264 e. The topological polar surface area (TPSA) is 86.8 Å². The van der Waals surface area contributed by atoms with E-state index in [0.717, 1.165) is 26.0 Å². The normalized spacial score (nSPS) is 11.9. The van der Waals surface area contributed by atoms with Crippen molar-refractivity contribution in [3.8, 4) is 0 Å². The van der Waals surface area contributed by atoms with Crippen molar-refractivity contribution >= 4 is 43.5 Å². The van der Waals surface area contributed by atoms with Crippen LogP contribution in [0.5, 0.6) is 0 Å². The second-order valence-electron chi connectivity index (χ2n) is 9.52. The summed E-state index contributed by atoms with van der Waals surface area (Å²) < 4.78 is 44.4. The second-order valence-corrected chi connectivity index (χ2v) is 12.3. The van der Waals surface area contributed by atoms with Crippen LogP contribution in [0.15, 0.2) is 119 Å². The Labute approximate surface area is 254 Å². The van der Waals surface area contributed by atoms with Crippen molar-refractivity contribution in [1.82, 2.24) is 10.2 Å². The third kappa shape index (κ3) is 7.63. The van der Waals surface area contributed by atoms with Gasteiger partial charge >= 0.3 is 0 Å². The quantitative estimate of drug-likeness (QED) is 0.217. The first-order valence-corrected chi connectivity index (χ1v) is 15.6. The lowest BCUT2D eigenvalue weighted by atomic mass is 10.0. The van der Waals surface area contributed by atoms with Gasteiger partial charge in [-0.15, -0.1) is 0 Å². The van der Waals surface area contributed by atoms with Crippen molar-refractivity contribution in [2.75, 3.05) is 17.4 Å². The molecular weight excluding hydrogens is 621 g/mol. The van der Waals surface area contributed by atoms with Gasteiger partial charge in [-0.3, -0.25) is 13.9 Å². The summed E-state index contributed by atoms with van der Waals surface area (Å²) in [5.74, 6) is -1.84. The van der Waals surface area contributed by atoms with Crippen LogP contribution in [-0.2, 0) is 32.6 Å². The highest BCUT2D eigenvalue weighted by atomic mass is 79.9. The molecule has 4 aromatic carbocycles. The van der Waals surface area contributed by atoms with E-state index >= 15 is 4.39 Å². The van der Waals surface area contributed by atoms with Crippen LogP contribution < -0.4 is 9.62 Å². The van der Waals surface area contributed by atoms with E-state index in [1.807, 2.05) is 54.6 Å². The molecule has 0 fully saturated rings. The molecule has 0 aliphatic carbocycles. The first-order chi connectivity index (χ1) is 20.2. The van der Waals surface area contributed by atoms with Crippen LogP contribution in [0.2, 0.25) is 0 Å². The SMILES string of the molecule is CCNC(=O)[C@H](Cc1ccccc1)N(Cc1ccc(Br)cc1)C(=O)CN(c1ccccc1F)S(=O)(=O)c1ccccc1. The summed E-state index contributed by atoms with van der Waals surface area (Å²) in [6.07, 6.45) is 0.195. The minimum absolute atomic E-state index is 0.0250. The molecule has 7 nitrogen and oxygen atoms in total. The third-order valence-electron chi connectivity index (χ3n) is 6.62. The lowest BCUT2D eigenvalue weighted by molar-refractivity contribution is -0.140. The van der Waals surface area contributed by atoms with Crippen molar-refractivity contribution in [2.45, 2.75) is 30.8 Å². The van der Waals surface area contributed by atoms with Crippen LogP contribution >= 0.6 is 15.9 Å². The van der Waals surface area contributed by atoms with Gasteiger partial charge in [-0.05, 0) is 54.4 Å². The van der Waals surface area contributed by atoms with Gasteiger partial charge in [0, 0.05) is 24.0 Å². The summed E-state index contributed by atoms with van der Waals surface area (Å²) >= 11 is 3.41. The molecule has 1 N–H and O–H groups in total. The maximum Gasteiger partial charge on any atom is 0.264 e. The Morgan fingerprint density at radius 3 is 2.05 bits per heavy atom. The molecule has 0 aliphatic heterocycles. The number of anilines is 1. The molecule has 218 valence electrons. The fourth-order valence-corrected chi connectivity index (χ4v) is 6.23. The molecule has 0 saturated heterocycles. The zero-order chi connectivity index (χ0) is 30.1. The predicted molar refractivity (Wildman–Crippen MR) is 165 cm³/mol. The standard InChI is InChI=1S/C32H31BrFN3O4S/c1-2-35-32(39)30(21-24-11-5-3-6-12-24)36(22-25-17-19-26(33)20-18-25)31(38)23-37(29-16-10-9-15-28(29)34)42(40,41)27-13-7-4-8-14-27/h3-20,30H,2,21-23H2,1H3,(H,35,39)/t30-/m0/s1.